The maximum Gasteiger partial charge on any atom is 0.132 e. The molecule has 0 spiro atoms. The lowest BCUT2D eigenvalue weighted by molar-refractivity contribution is 0.683. The summed E-state index contributed by atoms with van der Waals surface area (Å²) in [5, 5.41) is 3.53. The number of nitrogens with one attached hydrogen (secondary N) is 1. The number of halogens is 1. The van der Waals surface area contributed by atoms with E-state index in [0.29, 0.717) is 0 Å². The summed E-state index contributed by atoms with van der Waals surface area (Å²) in [6, 6.07) is 2.89. The molecular formula is C12H18BrN3. The molecule has 0 aliphatic heterocycles. The summed E-state index contributed by atoms with van der Waals surface area (Å²) in [4.78, 5) is 6.66. The van der Waals surface area contributed by atoms with Gasteiger partial charge in [-0.2, -0.15) is 0 Å². The third-order valence-corrected chi connectivity index (χ3v) is 3.34. The van der Waals surface area contributed by atoms with Crippen molar-refractivity contribution in [3.8, 4) is 0 Å². The van der Waals surface area contributed by atoms with Crippen molar-refractivity contribution in [2.45, 2.75) is 32.4 Å². The number of hydrogen-bond donors (Lipinski definition) is 1. The maximum atomic E-state index is 4.49. The van der Waals surface area contributed by atoms with Crippen LogP contribution in [0.2, 0.25) is 0 Å². The molecule has 4 heteroatoms. The molecule has 1 N–H and O–H groups in total. The summed E-state index contributed by atoms with van der Waals surface area (Å²) in [5.41, 5.74) is 1.27. The minimum atomic E-state index is 0.735. The zero-order valence-electron chi connectivity index (χ0n) is 9.83. The fourth-order valence-electron chi connectivity index (χ4n) is 1.64. The molecule has 1 heterocycles. The van der Waals surface area contributed by atoms with Crippen LogP contribution in [0, 0.1) is 0 Å². The van der Waals surface area contributed by atoms with Gasteiger partial charge in [0.1, 0.15) is 5.82 Å². The smallest absolute Gasteiger partial charge is 0.132 e. The fourth-order valence-corrected chi connectivity index (χ4v) is 2.02. The highest BCUT2D eigenvalue weighted by Crippen LogP contribution is 2.23. The molecule has 0 bridgehead atoms. The fraction of sp³-hybridized carbons (Fsp3) is 0.583. The zero-order valence-corrected chi connectivity index (χ0v) is 11.4. The molecule has 1 fully saturated rings. The topological polar surface area (TPSA) is 28.2 Å². The molecule has 0 amide bonds. The Balaban J connectivity index is 2.13. The molecule has 0 saturated heterocycles. The monoisotopic (exact) mass is 283 g/mol. The molecule has 88 valence electrons. The predicted octanol–water partition coefficient (Wildman–Crippen LogP) is 2.55. The molecule has 1 aliphatic carbocycles. The first kappa shape index (κ1) is 11.9. The Morgan fingerprint density at radius 3 is 2.94 bits per heavy atom. The van der Waals surface area contributed by atoms with E-state index in [9.17, 15) is 0 Å². The second-order valence-corrected chi connectivity index (χ2v) is 5.22. The van der Waals surface area contributed by atoms with Crippen molar-refractivity contribution >= 4 is 21.7 Å². The predicted molar refractivity (Wildman–Crippen MR) is 70.7 cm³/mol. The van der Waals surface area contributed by atoms with Gasteiger partial charge in [-0.25, -0.2) is 4.98 Å². The third-order valence-electron chi connectivity index (χ3n) is 2.90. The van der Waals surface area contributed by atoms with E-state index in [1.54, 1.807) is 0 Å². The van der Waals surface area contributed by atoms with Crippen molar-refractivity contribution in [1.82, 2.24) is 10.3 Å². The van der Waals surface area contributed by atoms with Gasteiger partial charge in [-0.15, -0.1) is 0 Å². The van der Waals surface area contributed by atoms with Crippen molar-refractivity contribution in [3.05, 3.63) is 22.3 Å². The van der Waals surface area contributed by atoms with E-state index < -0.39 is 0 Å². The summed E-state index contributed by atoms with van der Waals surface area (Å²) in [5.74, 6) is 1.08. The third kappa shape index (κ3) is 2.95. The molecule has 16 heavy (non-hydrogen) atoms. The average Bonchev–Trinajstić information content (AvgIpc) is 3.09. The van der Waals surface area contributed by atoms with Crippen LogP contribution in [0.25, 0.3) is 0 Å². The molecule has 1 saturated carbocycles. The quantitative estimate of drug-likeness (QED) is 0.900. The van der Waals surface area contributed by atoms with E-state index in [1.807, 2.05) is 6.20 Å². The molecular weight excluding hydrogens is 266 g/mol. The standard InChI is InChI=1S/C12H18BrN3/c1-3-16(2)12-9(6-10(13)8-15-12)7-14-11-4-5-11/h6,8,11,14H,3-5,7H2,1-2H3. The van der Waals surface area contributed by atoms with Gasteiger partial charge >= 0.3 is 0 Å². The van der Waals surface area contributed by atoms with E-state index >= 15 is 0 Å². The summed E-state index contributed by atoms with van der Waals surface area (Å²) >= 11 is 3.48. The second-order valence-electron chi connectivity index (χ2n) is 4.31. The Hall–Kier alpha value is -0.610. The van der Waals surface area contributed by atoms with Gasteiger partial charge in [0.25, 0.3) is 0 Å². The number of aromatic nitrogens is 1. The van der Waals surface area contributed by atoms with Gasteiger partial charge < -0.3 is 10.2 Å². The molecule has 2 rings (SSSR count). The first-order valence-electron chi connectivity index (χ1n) is 5.79. The van der Waals surface area contributed by atoms with Gasteiger partial charge in [-0.05, 0) is 41.8 Å². The molecule has 1 aromatic heterocycles. The van der Waals surface area contributed by atoms with Crippen LogP contribution in [-0.2, 0) is 6.54 Å². The van der Waals surface area contributed by atoms with Crippen LogP contribution < -0.4 is 10.2 Å². The van der Waals surface area contributed by atoms with Gasteiger partial charge in [0.2, 0.25) is 0 Å². The average molecular weight is 284 g/mol. The first-order chi connectivity index (χ1) is 7.70. The minimum absolute atomic E-state index is 0.735. The van der Waals surface area contributed by atoms with Gasteiger partial charge in [-0.1, -0.05) is 0 Å². The molecule has 0 radical (unpaired) electrons. The highest BCUT2D eigenvalue weighted by atomic mass is 79.9. The molecule has 3 nitrogen and oxygen atoms in total. The van der Waals surface area contributed by atoms with Crippen LogP contribution in [0.5, 0.6) is 0 Å². The zero-order chi connectivity index (χ0) is 11.5. The largest absolute Gasteiger partial charge is 0.360 e. The SMILES string of the molecule is CCN(C)c1ncc(Br)cc1CNC1CC1. The van der Waals surface area contributed by atoms with E-state index in [-0.39, 0.29) is 0 Å². The molecule has 1 aromatic rings. The number of nitrogens with zero attached hydrogens (tertiary/aromatic N) is 2. The Morgan fingerprint density at radius 1 is 1.56 bits per heavy atom. The van der Waals surface area contributed by atoms with Crippen molar-refractivity contribution < 1.29 is 0 Å². The van der Waals surface area contributed by atoms with Crippen molar-refractivity contribution in [2.75, 3.05) is 18.5 Å². The number of pyridine rings is 1. The highest BCUT2D eigenvalue weighted by molar-refractivity contribution is 9.10. The van der Waals surface area contributed by atoms with E-state index in [1.165, 1.54) is 18.4 Å². The van der Waals surface area contributed by atoms with Crippen LogP contribution in [-0.4, -0.2) is 24.6 Å². The summed E-state index contributed by atoms with van der Waals surface area (Å²) in [6.45, 7) is 4.03. The Bertz CT molecular complexity index is 363. The Morgan fingerprint density at radius 2 is 2.31 bits per heavy atom. The first-order valence-corrected chi connectivity index (χ1v) is 6.59. The normalized spacial score (nSPS) is 15.2. The van der Waals surface area contributed by atoms with Crippen LogP contribution >= 0.6 is 15.9 Å². The van der Waals surface area contributed by atoms with Gasteiger partial charge in [0.15, 0.2) is 0 Å². The van der Waals surface area contributed by atoms with Gasteiger partial charge in [0, 0.05) is 42.4 Å². The molecule has 0 unspecified atom stereocenters. The Labute approximate surface area is 105 Å². The van der Waals surface area contributed by atoms with Crippen molar-refractivity contribution in [3.63, 3.8) is 0 Å². The summed E-state index contributed by atoms with van der Waals surface area (Å²) in [6.07, 6.45) is 4.50. The molecule has 0 aromatic carbocycles. The lowest BCUT2D eigenvalue weighted by Gasteiger charge is -2.19. The number of anilines is 1. The van der Waals surface area contributed by atoms with Crippen molar-refractivity contribution in [2.24, 2.45) is 0 Å². The molecule has 1 aliphatic rings. The van der Waals surface area contributed by atoms with Crippen molar-refractivity contribution in [1.29, 1.82) is 0 Å². The minimum Gasteiger partial charge on any atom is -0.360 e. The molecule has 0 atom stereocenters. The number of hydrogen-bond acceptors (Lipinski definition) is 3. The van der Waals surface area contributed by atoms with Gasteiger partial charge in [-0.3, -0.25) is 0 Å². The highest BCUT2D eigenvalue weighted by Gasteiger charge is 2.21. The summed E-state index contributed by atoms with van der Waals surface area (Å²) < 4.78 is 1.05. The number of rotatable bonds is 5. The summed E-state index contributed by atoms with van der Waals surface area (Å²) in [7, 11) is 2.08. The van der Waals surface area contributed by atoms with Crippen LogP contribution in [0.4, 0.5) is 5.82 Å². The van der Waals surface area contributed by atoms with Crippen LogP contribution in [0.15, 0.2) is 16.7 Å². The van der Waals surface area contributed by atoms with Crippen LogP contribution in [0.1, 0.15) is 25.3 Å². The Kier molecular flexibility index (Phi) is 3.82. The maximum absolute atomic E-state index is 4.49. The van der Waals surface area contributed by atoms with E-state index in [2.05, 4.69) is 51.2 Å². The van der Waals surface area contributed by atoms with Crippen LogP contribution in [0.3, 0.4) is 0 Å². The lowest BCUT2D eigenvalue weighted by Crippen LogP contribution is -2.22. The van der Waals surface area contributed by atoms with E-state index in [4.69, 9.17) is 0 Å². The second kappa shape index (κ2) is 5.15. The van der Waals surface area contributed by atoms with Gasteiger partial charge in [0.05, 0.1) is 0 Å². The van der Waals surface area contributed by atoms with E-state index in [0.717, 1.165) is 29.4 Å². The lowest BCUT2D eigenvalue weighted by atomic mass is 10.2.